The van der Waals surface area contributed by atoms with Crippen LogP contribution in [0.5, 0.6) is 0 Å². The molecule has 2 bridgehead atoms. The van der Waals surface area contributed by atoms with Gasteiger partial charge in [0.25, 0.3) is 0 Å². The molecule has 0 aromatic heterocycles. The van der Waals surface area contributed by atoms with Crippen molar-refractivity contribution < 1.29 is 5.11 Å². The maximum absolute atomic E-state index is 10.2. The third-order valence-corrected chi connectivity index (χ3v) is 4.39. The number of piperidine rings is 1. The van der Waals surface area contributed by atoms with Crippen molar-refractivity contribution in [1.29, 1.82) is 5.26 Å². The van der Waals surface area contributed by atoms with Crippen molar-refractivity contribution in [3.8, 4) is 6.07 Å². The fraction of sp³-hybridized carbons (Fsp3) is 0.533. The summed E-state index contributed by atoms with van der Waals surface area (Å²) in [6.45, 7) is 1.90. The van der Waals surface area contributed by atoms with Crippen LogP contribution in [0.1, 0.15) is 24.8 Å². The summed E-state index contributed by atoms with van der Waals surface area (Å²) < 4.78 is 0. The van der Waals surface area contributed by atoms with E-state index in [2.05, 4.69) is 11.0 Å². The normalized spacial score (nSPS) is 30.9. The van der Waals surface area contributed by atoms with Crippen LogP contribution in [-0.2, 0) is 0 Å². The number of hydrogen-bond acceptors (Lipinski definition) is 3. The standard InChI is InChI=1S/C15H18N2O/c16-8-11-4-6-14(7-5-11)17-9-12-2-1-3-13(10-17)15(12)18/h4-7,12-13,15,18H,1-3,9-10H2. The molecule has 0 amide bonds. The van der Waals surface area contributed by atoms with E-state index in [-0.39, 0.29) is 6.10 Å². The summed E-state index contributed by atoms with van der Waals surface area (Å²) in [5.74, 6) is 0.848. The van der Waals surface area contributed by atoms with Gasteiger partial charge in [-0.3, -0.25) is 0 Å². The van der Waals surface area contributed by atoms with Crippen LogP contribution < -0.4 is 4.90 Å². The molecular weight excluding hydrogens is 224 g/mol. The van der Waals surface area contributed by atoms with Gasteiger partial charge in [0.2, 0.25) is 0 Å². The molecule has 2 atom stereocenters. The fourth-order valence-electron chi connectivity index (χ4n) is 3.37. The molecule has 2 unspecified atom stereocenters. The van der Waals surface area contributed by atoms with E-state index < -0.39 is 0 Å². The van der Waals surface area contributed by atoms with Crippen molar-refractivity contribution in [2.45, 2.75) is 25.4 Å². The SMILES string of the molecule is N#Cc1ccc(N2CC3CCCC(C2)C3O)cc1. The summed E-state index contributed by atoms with van der Waals surface area (Å²) in [7, 11) is 0. The first-order valence-corrected chi connectivity index (χ1v) is 6.71. The number of anilines is 1. The van der Waals surface area contributed by atoms with Crippen LogP contribution in [0.4, 0.5) is 5.69 Å². The second-order valence-electron chi connectivity index (χ2n) is 5.51. The smallest absolute Gasteiger partial charge is 0.0991 e. The summed E-state index contributed by atoms with van der Waals surface area (Å²) in [4.78, 5) is 2.36. The molecule has 1 N–H and O–H groups in total. The van der Waals surface area contributed by atoms with Crippen molar-refractivity contribution in [2.75, 3.05) is 18.0 Å². The van der Waals surface area contributed by atoms with E-state index >= 15 is 0 Å². The first-order valence-electron chi connectivity index (χ1n) is 6.71. The summed E-state index contributed by atoms with van der Waals surface area (Å²) in [5, 5.41) is 19.0. The quantitative estimate of drug-likeness (QED) is 0.821. The van der Waals surface area contributed by atoms with Crippen molar-refractivity contribution in [2.24, 2.45) is 11.8 Å². The average Bonchev–Trinajstić information content (AvgIpc) is 2.38. The van der Waals surface area contributed by atoms with Gasteiger partial charge in [0.1, 0.15) is 0 Å². The van der Waals surface area contributed by atoms with E-state index in [4.69, 9.17) is 5.26 Å². The Kier molecular flexibility index (Phi) is 2.97. The lowest BCUT2D eigenvalue weighted by molar-refractivity contribution is 0.00599. The molecule has 1 heterocycles. The topological polar surface area (TPSA) is 47.3 Å². The molecule has 2 fully saturated rings. The van der Waals surface area contributed by atoms with Gasteiger partial charge in [-0.15, -0.1) is 0 Å². The highest BCUT2D eigenvalue weighted by molar-refractivity contribution is 5.50. The van der Waals surface area contributed by atoms with Gasteiger partial charge in [0, 0.05) is 30.6 Å². The number of aliphatic hydroxyl groups is 1. The Morgan fingerprint density at radius 1 is 1.11 bits per heavy atom. The highest BCUT2D eigenvalue weighted by Crippen LogP contribution is 2.36. The molecule has 18 heavy (non-hydrogen) atoms. The minimum Gasteiger partial charge on any atom is -0.392 e. The lowest BCUT2D eigenvalue weighted by Crippen LogP contribution is -2.51. The Labute approximate surface area is 108 Å². The highest BCUT2D eigenvalue weighted by Gasteiger charge is 2.38. The number of fused-ring (bicyclic) bond motifs is 2. The second kappa shape index (κ2) is 4.62. The highest BCUT2D eigenvalue weighted by atomic mass is 16.3. The Morgan fingerprint density at radius 3 is 2.28 bits per heavy atom. The zero-order chi connectivity index (χ0) is 12.5. The lowest BCUT2D eigenvalue weighted by atomic mass is 9.75. The number of rotatable bonds is 1. The van der Waals surface area contributed by atoms with Gasteiger partial charge in [-0.2, -0.15) is 5.26 Å². The van der Waals surface area contributed by atoms with Gasteiger partial charge < -0.3 is 10.0 Å². The predicted octanol–water partition coefficient (Wildman–Crippen LogP) is 2.16. The molecule has 3 nitrogen and oxygen atoms in total. The van der Waals surface area contributed by atoms with Gasteiger partial charge in [-0.1, -0.05) is 6.42 Å². The Balaban J connectivity index is 1.79. The first-order chi connectivity index (χ1) is 8.78. The van der Waals surface area contributed by atoms with Crippen LogP contribution in [0.25, 0.3) is 0 Å². The summed E-state index contributed by atoms with van der Waals surface area (Å²) in [6, 6.07) is 9.93. The monoisotopic (exact) mass is 242 g/mol. The van der Waals surface area contributed by atoms with Gasteiger partial charge in [0.05, 0.1) is 17.7 Å². The molecule has 0 radical (unpaired) electrons. The second-order valence-corrected chi connectivity index (χ2v) is 5.51. The van der Waals surface area contributed by atoms with Crippen LogP contribution in [0.3, 0.4) is 0 Å². The van der Waals surface area contributed by atoms with Crippen LogP contribution >= 0.6 is 0 Å². The maximum atomic E-state index is 10.2. The van der Waals surface area contributed by atoms with Crippen LogP contribution in [0, 0.1) is 23.2 Å². The minimum atomic E-state index is -0.103. The van der Waals surface area contributed by atoms with Crippen LogP contribution in [0.2, 0.25) is 0 Å². The molecule has 0 spiro atoms. The number of nitrogens with zero attached hydrogens (tertiary/aromatic N) is 2. The van der Waals surface area contributed by atoms with Crippen molar-refractivity contribution >= 4 is 5.69 Å². The molecule has 3 rings (SSSR count). The molecule has 94 valence electrons. The number of hydrogen-bond donors (Lipinski definition) is 1. The Morgan fingerprint density at radius 2 is 1.72 bits per heavy atom. The van der Waals surface area contributed by atoms with E-state index in [1.165, 1.54) is 12.1 Å². The zero-order valence-corrected chi connectivity index (χ0v) is 10.4. The molecule has 3 heteroatoms. The van der Waals surface area contributed by atoms with Crippen molar-refractivity contribution in [3.05, 3.63) is 29.8 Å². The van der Waals surface area contributed by atoms with Crippen molar-refractivity contribution in [1.82, 2.24) is 0 Å². The summed E-state index contributed by atoms with van der Waals surface area (Å²) >= 11 is 0. The molecular formula is C15H18N2O. The molecule has 1 saturated heterocycles. The Hall–Kier alpha value is -1.53. The zero-order valence-electron chi connectivity index (χ0n) is 10.4. The minimum absolute atomic E-state index is 0.103. The van der Waals surface area contributed by atoms with E-state index in [9.17, 15) is 5.11 Å². The molecule has 1 saturated carbocycles. The molecule has 2 aliphatic rings. The predicted molar refractivity (Wildman–Crippen MR) is 70.2 cm³/mol. The fourth-order valence-corrected chi connectivity index (χ4v) is 3.37. The van der Waals surface area contributed by atoms with E-state index in [0.717, 1.165) is 25.9 Å². The first kappa shape index (κ1) is 11.6. The number of aliphatic hydroxyl groups excluding tert-OH is 1. The van der Waals surface area contributed by atoms with E-state index in [1.54, 1.807) is 0 Å². The summed E-state index contributed by atoms with van der Waals surface area (Å²) in [5.41, 5.74) is 1.88. The van der Waals surface area contributed by atoms with Gasteiger partial charge in [-0.05, 0) is 37.1 Å². The van der Waals surface area contributed by atoms with Crippen LogP contribution in [0.15, 0.2) is 24.3 Å². The average molecular weight is 242 g/mol. The van der Waals surface area contributed by atoms with Gasteiger partial charge >= 0.3 is 0 Å². The maximum Gasteiger partial charge on any atom is 0.0991 e. The van der Waals surface area contributed by atoms with E-state index in [1.807, 2.05) is 24.3 Å². The third-order valence-electron chi connectivity index (χ3n) is 4.39. The number of benzene rings is 1. The van der Waals surface area contributed by atoms with Gasteiger partial charge in [0.15, 0.2) is 0 Å². The summed E-state index contributed by atoms with van der Waals surface area (Å²) in [6.07, 6.45) is 3.44. The molecule has 1 aromatic rings. The van der Waals surface area contributed by atoms with Gasteiger partial charge in [-0.25, -0.2) is 0 Å². The van der Waals surface area contributed by atoms with Crippen LogP contribution in [-0.4, -0.2) is 24.3 Å². The number of nitriles is 1. The molecule has 1 aliphatic carbocycles. The Bertz CT molecular complexity index is 448. The van der Waals surface area contributed by atoms with Crippen molar-refractivity contribution in [3.63, 3.8) is 0 Å². The largest absolute Gasteiger partial charge is 0.392 e. The molecule has 1 aromatic carbocycles. The van der Waals surface area contributed by atoms with E-state index in [0.29, 0.717) is 17.4 Å². The molecule has 1 aliphatic heterocycles. The third kappa shape index (κ3) is 1.97. The lowest BCUT2D eigenvalue weighted by Gasteiger charge is -2.46.